The Labute approximate surface area is 117 Å². The Bertz CT molecular complexity index is 407. The largest absolute Gasteiger partial charge is 0.319 e. The molecule has 1 aliphatic rings. The highest BCUT2D eigenvalue weighted by molar-refractivity contribution is 9.10. The predicted molar refractivity (Wildman–Crippen MR) is 77.3 cm³/mol. The van der Waals surface area contributed by atoms with Crippen molar-refractivity contribution >= 4 is 15.9 Å². The summed E-state index contributed by atoms with van der Waals surface area (Å²) in [6.45, 7) is 3.25. The van der Waals surface area contributed by atoms with Crippen LogP contribution in [0.1, 0.15) is 37.7 Å². The van der Waals surface area contributed by atoms with Crippen LogP contribution in [0.25, 0.3) is 0 Å². The zero-order valence-electron chi connectivity index (χ0n) is 11.0. The van der Waals surface area contributed by atoms with Gasteiger partial charge in [-0.2, -0.15) is 0 Å². The van der Waals surface area contributed by atoms with Crippen LogP contribution in [0.3, 0.4) is 0 Å². The van der Waals surface area contributed by atoms with E-state index >= 15 is 0 Å². The van der Waals surface area contributed by atoms with Crippen molar-refractivity contribution in [1.82, 2.24) is 5.32 Å². The SMILES string of the molecule is CNCC1CCC(C)CC1c1cc(Br)ccc1F. The first-order valence-electron chi connectivity index (χ1n) is 6.71. The molecule has 2 rings (SSSR count). The van der Waals surface area contributed by atoms with Gasteiger partial charge >= 0.3 is 0 Å². The van der Waals surface area contributed by atoms with Gasteiger partial charge in [-0.05, 0) is 68.0 Å². The van der Waals surface area contributed by atoms with E-state index in [0.717, 1.165) is 23.0 Å². The van der Waals surface area contributed by atoms with Crippen LogP contribution in [0.4, 0.5) is 4.39 Å². The van der Waals surface area contributed by atoms with E-state index in [0.29, 0.717) is 17.8 Å². The van der Waals surface area contributed by atoms with Gasteiger partial charge in [-0.15, -0.1) is 0 Å². The summed E-state index contributed by atoms with van der Waals surface area (Å²) in [5.41, 5.74) is 0.885. The van der Waals surface area contributed by atoms with Crippen molar-refractivity contribution in [1.29, 1.82) is 0 Å². The maximum Gasteiger partial charge on any atom is 0.126 e. The maximum atomic E-state index is 14.1. The lowest BCUT2D eigenvalue weighted by Gasteiger charge is -2.35. The third-order valence-electron chi connectivity index (χ3n) is 4.08. The highest BCUT2D eigenvalue weighted by Gasteiger charge is 2.31. The van der Waals surface area contributed by atoms with E-state index in [-0.39, 0.29) is 5.82 Å². The zero-order valence-corrected chi connectivity index (χ0v) is 12.6. The van der Waals surface area contributed by atoms with Crippen LogP contribution in [0, 0.1) is 17.7 Å². The van der Waals surface area contributed by atoms with Gasteiger partial charge in [0.25, 0.3) is 0 Å². The van der Waals surface area contributed by atoms with E-state index in [4.69, 9.17) is 0 Å². The lowest BCUT2D eigenvalue weighted by atomic mass is 9.71. The van der Waals surface area contributed by atoms with Gasteiger partial charge in [-0.25, -0.2) is 4.39 Å². The Hall–Kier alpha value is -0.410. The van der Waals surface area contributed by atoms with Gasteiger partial charge in [-0.3, -0.25) is 0 Å². The third kappa shape index (κ3) is 3.12. The molecule has 3 heteroatoms. The molecule has 0 bridgehead atoms. The number of nitrogens with one attached hydrogen (secondary N) is 1. The van der Waals surface area contributed by atoms with E-state index in [9.17, 15) is 4.39 Å². The zero-order chi connectivity index (χ0) is 13.1. The Morgan fingerprint density at radius 2 is 2.17 bits per heavy atom. The van der Waals surface area contributed by atoms with Gasteiger partial charge in [0.15, 0.2) is 0 Å². The lowest BCUT2D eigenvalue weighted by Crippen LogP contribution is -2.30. The van der Waals surface area contributed by atoms with Crippen molar-refractivity contribution < 1.29 is 4.39 Å². The molecule has 0 saturated heterocycles. The Morgan fingerprint density at radius 3 is 2.89 bits per heavy atom. The fourth-order valence-corrected chi connectivity index (χ4v) is 3.51. The standard InChI is InChI=1S/C15H21BrFN/c1-10-3-4-11(9-18-2)13(7-10)14-8-12(16)5-6-15(14)17/h5-6,8,10-11,13,18H,3-4,7,9H2,1-2H3. The van der Waals surface area contributed by atoms with E-state index in [2.05, 4.69) is 28.2 Å². The molecule has 0 aliphatic heterocycles. The number of hydrogen-bond donors (Lipinski definition) is 1. The van der Waals surface area contributed by atoms with E-state index < -0.39 is 0 Å². The summed E-state index contributed by atoms with van der Waals surface area (Å²) in [5, 5.41) is 3.25. The molecule has 3 atom stereocenters. The average Bonchev–Trinajstić information content (AvgIpc) is 2.35. The van der Waals surface area contributed by atoms with Crippen LogP contribution in [0.15, 0.2) is 22.7 Å². The van der Waals surface area contributed by atoms with Crippen molar-refractivity contribution in [3.05, 3.63) is 34.1 Å². The van der Waals surface area contributed by atoms with Crippen LogP contribution in [-0.4, -0.2) is 13.6 Å². The molecule has 1 aliphatic carbocycles. The van der Waals surface area contributed by atoms with Crippen LogP contribution in [-0.2, 0) is 0 Å². The molecule has 0 spiro atoms. The fourth-order valence-electron chi connectivity index (χ4n) is 3.13. The minimum absolute atomic E-state index is 0.0570. The van der Waals surface area contributed by atoms with Gasteiger partial charge in [0, 0.05) is 4.47 Å². The van der Waals surface area contributed by atoms with Gasteiger partial charge in [0.2, 0.25) is 0 Å². The summed E-state index contributed by atoms with van der Waals surface area (Å²) < 4.78 is 15.0. The molecular formula is C15H21BrFN. The smallest absolute Gasteiger partial charge is 0.126 e. The minimum atomic E-state index is -0.0570. The molecule has 1 aromatic carbocycles. The molecule has 1 N–H and O–H groups in total. The van der Waals surface area contributed by atoms with E-state index in [1.165, 1.54) is 12.8 Å². The first kappa shape index (κ1) is 14.0. The second-order valence-corrected chi connectivity index (χ2v) is 6.42. The van der Waals surface area contributed by atoms with Gasteiger partial charge < -0.3 is 5.32 Å². The van der Waals surface area contributed by atoms with Crippen LogP contribution >= 0.6 is 15.9 Å². The molecule has 100 valence electrons. The minimum Gasteiger partial charge on any atom is -0.319 e. The van der Waals surface area contributed by atoms with Crippen molar-refractivity contribution in [2.45, 2.75) is 32.1 Å². The molecule has 0 radical (unpaired) electrons. The quantitative estimate of drug-likeness (QED) is 0.876. The molecule has 1 nitrogen and oxygen atoms in total. The van der Waals surface area contributed by atoms with Gasteiger partial charge in [0.05, 0.1) is 0 Å². The highest BCUT2D eigenvalue weighted by Crippen LogP contribution is 2.41. The molecule has 1 saturated carbocycles. The normalized spacial score (nSPS) is 28.3. The summed E-state index contributed by atoms with van der Waals surface area (Å²) >= 11 is 3.45. The summed E-state index contributed by atoms with van der Waals surface area (Å²) in [7, 11) is 1.98. The van der Waals surface area contributed by atoms with Crippen molar-refractivity contribution in [2.75, 3.05) is 13.6 Å². The lowest BCUT2D eigenvalue weighted by molar-refractivity contribution is 0.241. The Morgan fingerprint density at radius 1 is 1.39 bits per heavy atom. The second kappa shape index (κ2) is 6.16. The molecule has 0 amide bonds. The number of halogens is 2. The first-order valence-corrected chi connectivity index (χ1v) is 7.50. The first-order chi connectivity index (χ1) is 8.61. The third-order valence-corrected chi connectivity index (χ3v) is 4.57. The molecule has 1 aromatic rings. The Balaban J connectivity index is 2.28. The second-order valence-electron chi connectivity index (χ2n) is 5.51. The van der Waals surface area contributed by atoms with Gasteiger partial charge in [-0.1, -0.05) is 29.3 Å². The topological polar surface area (TPSA) is 12.0 Å². The summed E-state index contributed by atoms with van der Waals surface area (Å²) in [6, 6.07) is 5.31. The van der Waals surface area contributed by atoms with Crippen molar-refractivity contribution in [3.8, 4) is 0 Å². The van der Waals surface area contributed by atoms with Gasteiger partial charge in [0.1, 0.15) is 5.82 Å². The van der Waals surface area contributed by atoms with Crippen LogP contribution in [0.2, 0.25) is 0 Å². The molecular weight excluding hydrogens is 293 g/mol. The summed E-state index contributed by atoms with van der Waals surface area (Å²) in [6.07, 6.45) is 3.55. The summed E-state index contributed by atoms with van der Waals surface area (Å²) in [5.74, 6) is 1.54. The van der Waals surface area contributed by atoms with Crippen molar-refractivity contribution in [3.63, 3.8) is 0 Å². The number of rotatable bonds is 3. The predicted octanol–water partition coefficient (Wildman–Crippen LogP) is 4.33. The monoisotopic (exact) mass is 313 g/mol. The molecule has 0 heterocycles. The van der Waals surface area contributed by atoms with E-state index in [1.807, 2.05) is 13.1 Å². The maximum absolute atomic E-state index is 14.1. The molecule has 3 unspecified atom stereocenters. The fraction of sp³-hybridized carbons (Fsp3) is 0.600. The highest BCUT2D eigenvalue weighted by atomic mass is 79.9. The molecule has 1 fully saturated rings. The Kier molecular flexibility index (Phi) is 4.79. The van der Waals surface area contributed by atoms with Crippen molar-refractivity contribution in [2.24, 2.45) is 11.8 Å². The summed E-state index contributed by atoms with van der Waals surface area (Å²) in [4.78, 5) is 0. The van der Waals surface area contributed by atoms with Crippen LogP contribution < -0.4 is 5.32 Å². The number of hydrogen-bond acceptors (Lipinski definition) is 1. The average molecular weight is 314 g/mol. The van der Waals surface area contributed by atoms with Crippen LogP contribution in [0.5, 0.6) is 0 Å². The molecule has 0 aromatic heterocycles. The molecule has 18 heavy (non-hydrogen) atoms. The van der Waals surface area contributed by atoms with E-state index in [1.54, 1.807) is 12.1 Å². The number of benzene rings is 1.